The minimum atomic E-state index is -0.0555. The van der Waals surface area contributed by atoms with Gasteiger partial charge < -0.3 is 4.90 Å². The van der Waals surface area contributed by atoms with E-state index in [9.17, 15) is 9.59 Å². The number of nitrogens with zero attached hydrogens (tertiary/aromatic N) is 1. The van der Waals surface area contributed by atoms with E-state index in [-0.39, 0.29) is 22.7 Å². The molecule has 0 aromatic carbocycles. The van der Waals surface area contributed by atoms with E-state index >= 15 is 0 Å². The summed E-state index contributed by atoms with van der Waals surface area (Å²) < 4.78 is 0. The number of rotatable bonds is 2. The van der Waals surface area contributed by atoms with Crippen molar-refractivity contribution in [1.29, 1.82) is 0 Å². The third-order valence-electron chi connectivity index (χ3n) is 10.5. The summed E-state index contributed by atoms with van der Waals surface area (Å²) in [6.07, 6.45) is 12.0. The molecule has 0 amide bonds. The summed E-state index contributed by atoms with van der Waals surface area (Å²) in [5, 5.41) is 0. The van der Waals surface area contributed by atoms with Crippen LogP contribution in [0, 0.1) is 40.4 Å². The monoisotopic (exact) mass is 385 g/mol. The fourth-order valence-corrected chi connectivity index (χ4v) is 9.16. The predicted octanol–water partition coefficient (Wildman–Crippen LogP) is 4.88. The van der Waals surface area contributed by atoms with Gasteiger partial charge in [0.1, 0.15) is 11.6 Å². The summed E-state index contributed by atoms with van der Waals surface area (Å²) in [6.45, 7) is 9.11. The summed E-state index contributed by atoms with van der Waals surface area (Å²) in [5.41, 5.74) is 0.159. The molecule has 1 aliphatic heterocycles. The predicted molar refractivity (Wildman–Crippen MR) is 111 cm³/mol. The molecular weight excluding hydrogens is 346 g/mol. The molecule has 0 aromatic rings. The average Bonchev–Trinajstić information content (AvgIpc) is 3.27. The molecule has 156 valence electrons. The normalized spacial score (nSPS) is 51.5. The van der Waals surface area contributed by atoms with Crippen LogP contribution in [0.3, 0.4) is 0 Å². The second-order valence-corrected chi connectivity index (χ2v) is 11.6. The van der Waals surface area contributed by atoms with E-state index in [1.807, 2.05) is 0 Å². The topological polar surface area (TPSA) is 37.4 Å². The van der Waals surface area contributed by atoms with Crippen molar-refractivity contribution in [3.8, 4) is 0 Å². The van der Waals surface area contributed by atoms with Gasteiger partial charge in [-0.1, -0.05) is 13.8 Å². The van der Waals surface area contributed by atoms with E-state index in [1.165, 1.54) is 64.5 Å². The Kier molecular flexibility index (Phi) is 4.58. The number of likely N-dealkylation sites (tertiary alicyclic amines) is 1. The number of carbonyl (C=O) groups is 2. The van der Waals surface area contributed by atoms with Crippen LogP contribution in [0.15, 0.2) is 0 Å². The van der Waals surface area contributed by atoms with Gasteiger partial charge in [-0.2, -0.15) is 0 Å². The number of ketones is 2. The quantitative estimate of drug-likeness (QED) is 0.680. The van der Waals surface area contributed by atoms with Gasteiger partial charge in [0.2, 0.25) is 0 Å². The van der Waals surface area contributed by atoms with Crippen LogP contribution in [0.5, 0.6) is 0 Å². The van der Waals surface area contributed by atoms with Gasteiger partial charge >= 0.3 is 0 Å². The van der Waals surface area contributed by atoms with Gasteiger partial charge in [-0.3, -0.25) is 9.59 Å². The zero-order chi connectivity index (χ0) is 19.7. The molecule has 0 N–H and O–H groups in total. The second-order valence-electron chi connectivity index (χ2n) is 11.6. The first-order chi connectivity index (χ1) is 13.3. The largest absolute Gasteiger partial charge is 0.300 e. The molecule has 5 fully saturated rings. The lowest BCUT2D eigenvalue weighted by Gasteiger charge is -2.60. The molecule has 4 aliphatic carbocycles. The van der Waals surface area contributed by atoms with Crippen molar-refractivity contribution in [1.82, 2.24) is 4.90 Å². The third-order valence-corrected chi connectivity index (χ3v) is 10.5. The van der Waals surface area contributed by atoms with E-state index in [2.05, 4.69) is 18.7 Å². The molecule has 8 atom stereocenters. The first-order valence-electron chi connectivity index (χ1n) is 12.1. The Labute approximate surface area is 171 Å². The van der Waals surface area contributed by atoms with Crippen molar-refractivity contribution < 1.29 is 9.59 Å². The molecule has 4 saturated carbocycles. The van der Waals surface area contributed by atoms with Crippen LogP contribution in [-0.4, -0.2) is 35.6 Å². The zero-order valence-electron chi connectivity index (χ0n) is 18.2. The van der Waals surface area contributed by atoms with E-state index in [4.69, 9.17) is 0 Å². The number of carbonyl (C=O) groups excluding carboxylic acids is 2. The van der Waals surface area contributed by atoms with Crippen LogP contribution in [0.4, 0.5) is 0 Å². The highest BCUT2D eigenvalue weighted by atomic mass is 16.1. The van der Waals surface area contributed by atoms with Crippen molar-refractivity contribution in [3.05, 3.63) is 0 Å². The van der Waals surface area contributed by atoms with Gasteiger partial charge in [0.15, 0.2) is 0 Å². The Hall–Kier alpha value is -0.700. The molecule has 3 nitrogen and oxygen atoms in total. The van der Waals surface area contributed by atoms with Crippen LogP contribution in [0.25, 0.3) is 0 Å². The molecule has 0 radical (unpaired) electrons. The van der Waals surface area contributed by atoms with Crippen molar-refractivity contribution in [2.75, 3.05) is 13.1 Å². The fourth-order valence-electron chi connectivity index (χ4n) is 9.16. The number of fused-ring (bicyclic) bond motifs is 5. The van der Waals surface area contributed by atoms with Gasteiger partial charge in [0.25, 0.3) is 0 Å². The SMILES string of the molecule is CC(=O)C1CCC2C3CCC4CC(N5CCCC5)CCC4(C)C3C(=O)CC12C. The molecular formula is C25H39NO2. The highest BCUT2D eigenvalue weighted by Gasteiger charge is 2.63. The fraction of sp³-hybridized carbons (Fsp3) is 0.920. The van der Waals surface area contributed by atoms with E-state index < -0.39 is 0 Å². The van der Waals surface area contributed by atoms with Gasteiger partial charge in [0, 0.05) is 24.3 Å². The Morgan fingerprint density at radius 2 is 1.75 bits per heavy atom. The van der Waals surface area contributed by atoms with E-state index in [0.29, 0.717) is 29.8 Å². The molecule has 1 saturated heterocycles. The molecule has 5 aliphatic rings. The molecule has 0 aromatic heterocycles. The van der Waals surface area contributed by atoms with Crippen LogP contribution in [0.1, 0.15) is 85.0 Å². The second kappa shape index (κ2) is 6.65. The Morgan fingerprint density at radius 3 is 2.46 bits per heavy atom. The number of hydrogen-bond acceptors (Lipinski definition) is 3. The maximum absolute atomic E-state index is 13.6. The van der Waals surface area contributed by atoms with Crippen LogP contribution in [0.2, 0.25) is 0 Å². The molecule has 5 rings (SSSR count). The Bertz CT molecular complexity index is 667. The number of hydrogen-bond donors (Lipinski definition) is 0. The maximum Gasteiger partial charge on any atom is 0.137 e. The molecule has 28 heavy (non-hydrogen) atoms. The van der Waals surface area contributed by atoms with Crippen LogP contribution >= 0.6 is 0 Å². The Morgan fingerprint density at radius 1 is 1.00 bits per heavy atom. The highest BCUT2D eigenvalue weighted by molar-refractivity contribution is 5.87. The van der Waals surface area contributed by atoms with Crippen molar-refractivity contribution >= 4 is 11.6 Å². The van der Waals surface area contributed by atoms with Crippen molar-refractivity contribution in [2.45, 2.75) is 91.0 Å². The molecule has 8 unspecified atom stereocenters. The van der Waals surface area contributed by atoms with E-state index in [0.717, 1.165) is 18.4 Å². The lowest BCUT2D eigenvalue weighted by Crippen LogP contribution is -2.58. The summed E-state index contributed by atoms with van der Waals surface area (Å²) in [7, 11) is 0. The highest BCUT2D eigenvalue weighted by Crippen LogP contribution is 2.66. The van der Waals surface area contributed by atoms with Crippen molar-refractivity contribution in [2.24, 2.45) is 40.4 Å². The Balaban J connectivity index is 1.40. The molecule has 0 spiro atoms. The molecule has 1 heterocycles. The van der Waals surface area contributed by atoms with E-state index in [1.54, 1.807) is 6.92 Å². The summed E-state index contributed by atoms with van der Waals surface area (Å²) >= 11 is 0. The molecule has 0 bridgehead atoms. The summed E-state index contributed by atoms with van der Waals surface area (Å²) in [4.78, 5) is 28.7. The average molecular weight is 386 g/mol. The van der Waals surface area contributed by atoms with Gasteiger partial charge in [0.05, 0.1) is 0 Å². The first-order valence-corrected chi connectivity index (χ1v) is 12.1. The van der Waals surface area contributed by atoms with Gasteiger partial charge in [-0.15, -0.1) is 0 Å². The lowest BCUT2D eigenvalue weighted by atomic mass is 9.44. The van der Waals surface area contributed by atoms with Gasteiger partial charge in [-0.05, 0) is 106 Å². The number of Topliss-reactive ketones (excluding diaryl/α,β-unsaturated/α-hetero) is 2. The summed E-state index contributed by atoms with van der Waals surface area (Å²) in [5.74, 6) is 3.10. The standard InChI is InChI=1S/C25H39NO2/c1-16(27)20-8-9-21-19-7-6-17-14-18(26-12-4-5-13-26)10-11-24(17,2)23(19)22(28)15-25(20,21)3/h17-21,23H,4-15H2,1-3H3. The molecule has 3 heteroatoms. The minimum absolute atomic E-state index is 0.0555. The van der Waals surface area contributed by atoms with Crippen molar-refractivity contribution in [3.63, 3.8) is 0 Å². The summed E-state index contributed by atoms with van der Waals surface area (Å²) in [6, 6.07) is 0.773. The van der Waals surface area contributed by atoms with Gasteiger partial charge in [-0.25, -0.2) is 0 Å². The first kappa shape index (κ1) is 19.3. The van der Waals surface area contributed by atoms with Crippen LogP contribution in [-0.2, 0) is 9.59 Å². The lowest BCUT2D eigenvalue weighted by molar-refractivity contribution is -0.160. The van der Waals surface area contributed by atoms with Crippen LogP contribution < -0.4 is 0 Å². The zero-order valence-corrected chi connectivity index (χ0v) is 18.2. The maximum atomic E-state index is 13.6. The smallest absolute Gasteiger partial charge is 0.137 e. The minimum Gasteiger partial charge on any atom is -0.300 e. The third kappa shape index (κ3) is 2.63.